The molecule has 0 amide bonds. The summed E-state index contributed by atoms with van der Waals surface area (Å²) in [6.45, 7) is 0.469. The molecule has 98 valence electrons. The Kier molecular flexibility index (Phi) is 3.81. The smallest absolute Gasteiger partial charge is 0.305 e. The molecular weight excluding hydrogens is 250 g/mol. The molecule has 2 aromatic rings. The first-order valence-corrected chi connectivity index (χ1v) is 5.38. The van der Waals surface area contributed by atoms with Crippen LogP contribution in [0.1, 0.15) is 5.56 Å². The highest BCUT2D eigenvalue weighted by Gasteiger charge is 2.06. The third kappa shape index (κ3) is 3.35. The number of nitro groups is 1. The van der Waals surface area contributed by atoms with Crippen molar-refractivity contribution in [1.82, 2.24) is 15.0 Å². The van der Waals surface area contributed by atoms with E-state index in [9.17, 15) is 10.1 Å². The van der Waals surface area contributed by atoms with Gasteiger partial charge in [-0.05, 0) is 11.6 Å². The molecule has 2 heterocycles. The van der Waals surface area contributed by atoms with Gasteiger partial charge in [0.25, 0.3) is 0 Å². The molecule has 0 aliphatic rings. The second-order valence-corrected chi connectivity index (χ2v) is 3.58. The largest absolute Gasteiger partial charge is 0.481 e. The van der Waals surface area contributed by atoms with Gasteiger partial charge in [0.05, 0.1) is 12.0 Å². The molecule has 0 radical (unpaired) electrons. The van der Waals surface area contributed by atoms with E-state index in [4.69, 9.17) is 4.74 Å². The first kappa shape index (κ1) is 12.7. The van der Waals surface area contributed by atoms with Crippen LogP contribution in [0, 0.1) is 10.1 Å². The summed E-state index contributed by atoms with van der Waals surface area (Å²) in [6, 6.07) is 3.60. The summed E-state index contributed by atoms with van der Waals surface area (Å²) in [5, 5.41) is 13.4. The molecule has 1 N–H and O–H groups in total. The number of methoxy groups -OCH3 is 1. The van der Waals surface area contributed by atoms with Crippen LogP contribution in [0.5, 0.6) is 5.88 Å². The zero-order chi connectivity index (χ0) is 13.7. The van der Waals surface area contributed by atoms with Crippen LogP contribution < -0.4 is 10.1 Å². The van der Waals surface area contributed by atoms with Crippen molar-refractivity contribution in [3.63, 3.8) is 0 Å². The Labute approximate surface area is 108 Å². The molecule has 0 atom stereocenters. The molecule has 0 saturated heterocycles. The van der Waals surface area contributed by atoms with E-state index in [1.807, 2.05) is 6.07 Å². The minimum absolute atomic E-state index is 0.142. The summed E-state index contributed by atoms with van der Waals surface area (Å²) >= 11 is 0. The van der Waals surface area contributed by atoms with Gasteiger partial charge in [-0.15, -0.1) is 0 Å². The van der Waals surface area contributed by atoms with E-state index in [0.29, 0.717) is 18.4 Å². The Bertz CT molecular complexity index is 573. The van der Waals surface area contributed by atoms with E-state index in [-0.39, 0.29) is 5.69 Å². The van der Waals surface area contributed by atoms with Gasteiger partial charge in [0.2, 0.25) is 11.8 Å². The number of nitrogens with zero attached hydrogens (tertiary/aromatic N) is 4. The Hall–Kier alpha value is -2.77. The van der Waals surface area contributed by atoms with Crippen LogP contribution in [-0.2, 0) is 6.54 Å². The standard InChI is InChI=1S/C11H11N5O3/c1-19-10-4-8(2-3-12-10)5-13-11-14-6-9(7-15-11)16(17)18/h2-4,6-7H,5H2,1H3,(H,13,14,15). The maximum absolute atomic E-state index is 10.4. The van der Waals surface area contributed by atoms with E-state index in [1.54, 1.807) is 19.4 Å². The van der Waals surface area contributed by atoms with Gasteiger partial charge < -0.3 is 10.1 Å². The number of hydrogen-bond acceptors (Lipinski definition) is 7. The number of rotatable bonds is 5. The normalized spacial score (nSPS) is 9.95. The zero-order valence-corrected chi connectivity index (χ0v) is 10.1. The molecule has 0 aromatic carbocycles. The Morgan fingerprint density at radius 3 is 2.74 bits per heavy atom. The predicted molar refractivity (Wildman–Crippen MR) is 66.8 cm³/mol. The molecule has 0 spiro atoms. The van der Waals surface area contributed by atoms with Gasteiger partial charge in [0.15, 0.2) is 0 Å². The third-order valence-corrected chi connectivity index (χ3v) is 2.31. The van der Waals surface area contributed by atoms with Gasteiger partial charge in [-0.25, -0.2) is 15.0 Å². The van der Waals surface area contributed by atoms with Crippen LogP contribution in [0.25, 0.3) is 0 Å². The van der Waals surface area contributed by atoms with E-state index in [1.165, 1.54) is 0 Å². The summed E-state index contributed by atoms with van der Waals surface area (Å²) in [5.74, 6) is 0.838. The van der Waals surface area contributed by atoms with Crippen molar-refractivity contribution in [2.24, 2.45) is 0 Å². The second kappa shape index (κ2) is 5.71. The SMILES string of the molecule is COc1cc(CNc2ncc([N+](=O)[O-])cn2)ccn1. The summed E-state index contributed by atoms with van der Waals surface area (Å²) in [4.78, 5) is 21.6. The molecule has 0 bridgehead atoms. The molecule has 8 nitrogen and oxygen atoms in total. The monoisotopic (exact) mass is 261 g/mol. The van der Waals surface area contributed by atoms with Crippen LogP contribution in [0.15, 0.2) is 30.7 Å². The fourth-order valence-corrected chi connectivity index (χ4v) is 1.36. The van der Waals surface area contributed by atoms with Gasteiger partial charge in [0, 0.05) is 18.8 Å². The van der Waals surface area contributed by atoms with Crippen molar-refractivity contribution in [2.45, 2.75) is 6.54 Å². The van der Waals surface area contributed by atoms with Crippen molar-refractivity contribution in [1.29, 1.82) is 0 Å². The predicted octanol–water partition coefficient (Wildman–Crippen LogP) is 1.40. The van der Waals surface area contributed by atoms with Crippen LogP contribution in [-0.4, -0.2) is 27.0 Å². The molecule has 2 aromatic heterocycles. The maximum atomic E-state index is 10.4. The second-order valence-electron chi connectivity index (χ2n) is 3.58. The summed E-state index contributed by atoms with van der Waals surface area (Å²) < 4.78 is 5.00. The minimum Gasteiger partial charge on any atom is -0.481 e. The summed E-state index contributed by atoms with van der Waals surface area (Å²) in [5.41, 5.74) is 0.796. The number of nitrogens with one attached hydrogen (secondary N) is 1. The zero-order valence-electron chi connectivity index (χ0n) is 10.1. The van der Waals surface area contributed by atoms with Crippen molar-refractivity contribution in [2.75, 3.05) is 12.4 Å². The Balaban J connectivity index is 1.99. The number of hydrogen-bond donors (Lipinski definition) is 1. The van der Waals surface area contributed by atoms with Crippen molar-refractivity contribution in [3.8, 4) is 5.88 Å². The van der Waals surface area contributed by atoms with Crippen LogP contribution in [0.2, 0.25) is 0 Å². The average Bonchev–Trinajstić information content (AvgIpc) is 2.46. The highest BCUT2D eigenvalue weighted by atomic mass is 16.6. The quantitative estimate of drug-likeness (QED) is 0.640. The number of ether oxygens (including phenoxy) is 1. The fraction of sp³-hybridized carbons (Fsp3) is 0.182. The number of anilines is 1. The molecule has 19 heavy (non-hydrogen) atoms. The highest BCUT2D eigenvalue weighted by molar-refractivity contribution is 5.32. The van der Waals surface area contributed by atoms with Gasteiger partial charge in [0.1, 0.15) is 12.4 Å². The van der Waals surface area contributed by atoms with Crippen molar-refractivity contribution >= 4 is 11.6 Å². The average molecular weight is 261 g/mol. The van der Waals surface area contributed by atoms with E-state index in [2.05, 4.69) is 20.3 Å². The fourth-order valence-electron chi connectivity index (χ4n) is 1.36. The lowest BCUT2D eigenvalue weighted by atomic mass is 10.2. The summed E-state index contributed by atoms with van der Waals surface area (Å²) in [7, 11) is 1.54. The molecule has 0 aliphatic heterocycles. The van der Waals surface area contributed by atoms with Gasteiger partial charge in [-0.2, -0.15) is 0 Å². The maximum Gasteiger partial charge on any atom is 0.305 e. The Morgan fingerprint density at radius 1 is 1.37 bits per heavy atom. The number of pyridine rings is 1. The first-order chi connectivity index (χ1) is 9.19. The van der Waals surface area contributed by atoms with Crippen LogP contribution >= 0.6 is 0 Å². The van der Waals surface area contributed by atoms with Crippen molar-refractivity contribution in [3.05, 3.63) is 46.4 Å². The molecule has 0 aliphatic carbocycles. The summed E-state index contributed by atoms with van der Waals surface area (Å²) in [6.07, 6.45) is 3.94. The molecule has 8 heteroatoms. The lowest BCUT2D eigenvalue weighted by molar-refractivity contribution is -0.385. The van der Waals surface area contributed by atoms with E-state index in [0.717, 1.165) is 18.0 Å². The Morgan fingerprint density at radius 2 is 2.11 bits per heavy atom. The van der Waals surface area contributed by atoms with Crippen molar-refractivity contribution < 1.29 is 9.66 Å². The van der Waals surface area contributed by atoms with Gasteiger partial charge >= 0.3 is 5.69 Å². The lowest BCUT2D eigenvalue weighted by Gasteiger charge is -2.05. The number of aromatic nitrogens is 3. The highest BCUT2D eigenvalue weighted by Crippen LogP contribution is 2.11. The van der Waals surface area contributed by atoms with E-state index < -0.39 is 4.92 Å². The van der Waals surface area contributed by atoms with Crippen LogP contribution in [0.3, 0.4) is 0 Å². The molecular formula is C11H11N5O3. The molecule has 2 rings (SSSR count). The van der Waals surface area contributed by atoms with Gasteiger partial charge in [-0.1, -0.05) is 0 Å². The molecule has 0 fully saturated rings. The first-order valence-electron chi connectivity index (χ1n) is 5.38. The lowest BCUT2D eigenvalue weighted by Crippen LogP contribution is -2.04. The van der Waals surface area contributed by atoms with Gasteiger partial charge in [-0.3, -0.25) is 10.1 Å². The van der Waals surface area contributed by atoms with E-state index >= 15 is 0 Å². The third-order valence-electron chi connectivity index (χ3n) is 2.31. The van der Waals surface area contributed by atoms with Crippen LogP contribution in [0.4, 0.5) is 11.6 Å². The topological polar surface area (TPSA) is 103 Å². The molecule has 0 unspecified atom stereocenters. The molecule has 0 saturated carbocycles. The minimum atomic E-state index is -0.544.